The van der Waals surface area contributed by atoms with Crippen LogP contribution in [0.15, 0.2) is 24.3 Å². The summed E-state index contributed by atoms with van der Waals surface area (Å²) in [7, 11) is 0. The molecule has 1 aromatic carbocycles. The second-order valence-corrected chi connectivity index (χ2v) is 12.3. The first-order valence-electron chi connectivity index (χ1n) is 17.5. The Hall–Kier alpha value is -3.46. The first kappa shape index (κ1) is 44.7. The Bertz CT molecular complexity index is 1170. The van der Waals surface area contributed by atoms with E-state index in [-0.39, 0.29) is 58.8 Å². The van der Waals surface area contributed by atoms with E-state index in [1.165, 1.54) is 14.7 Å². The van der Waals surface area contributed by atoms with Crippen LogP contribution in [0.1, 0.15) is 25.3 Å². The molecule has 52 heavy (non-hydrogen) atoms. The third-order valence-electron chi connectivity index (χ3n) is 9.06. The molecular weight excluding hydrogens is 688 g/mol. The fraction of sp³-hybridized carbons (Fsp3) is 0.706. The summed E-state index contributed by atoms with van der Waals surface area (Å²) < 4.78 is 16.4. The Balaban J connectivity index is 2.22. The fourth-order valence-corrected chi connectivity index (χ4v) is 6.07. The number of carboxylic acids is 4. The molecule has 7 N–H and O–H groups in total. The molecule has 1 fully saturated rings. The van der Waals surface area contributed by atoms with Crippen LogP contribution >= 0.6 is 0 Å². The van der Waals surface area contributed by atoms with E-state index in [2.05, 4.69) is 0 Å². The van der Waals surface area contributed by atoms with Gasteiger partial charge < -0.3 is 50.0 Å². The molecule has 2 rings (SSSR count). The van der Waals surface area contributed by atoms with Crippen molar-refractivity contribution < 1.29 is 69.1 Å². The molecule has 296 valence electrons. The second-order valence-electron chi connectivity index (χ2n) is 12.3. The van der Waals surface area contributed by atoms with Crippen LogP contribution in [0.5, 0.6) is 5.75 Å². The van der Waals surface area contributed by atoms with Gasteiger partial charge in [0.25, 0.3) is 0 Å². The monoisotopic (exact) mass is 744 g/mol. The lowest BCUT2D eigenvalue weighted by Crippen LogP contribution is -2.57. The molecule has 0 saturated carbocycles. The van der Waals surface area contributed by atoms with Crippen LogP contribution in [-0.4, -0.2) is 209 Å². The summed E-state index contributed by atoms with van der Waals surface area (Å²) in [6, 6.07) is 2.29. The van der Waals surface area contributed by atoms with Gasteiger partial charge in [0.2, 0.25) is 0 Å². The highest BCUT2D eigenvalue weighted by Gasteiger charge is 2.34. The van der Waals surface area contributed by atoms with Crippen LogP contribution in [0.3, 0.4) is 0 Å². The van der Waals surface area contributed by atoms with Crippen molar-refractivity contribution in [2.45, 2.75) is 50.4 Å². The summed E-state index contributed by atoms with van der Waals surface area (Å²) in [6.45, 7) is 1.81. The summed E-state index contributed by atoms with van der Waals surface area (Å²) in [5, 5.41) is 69.5. The highest BCUT2D eigenvalue weighted by atomic mass is 16.5. The zero-order valence-corrected chi connectivity index (χ0v) is 29.8. The van der Waals surface area contributed by atoms with Crippen molar-refractivity contribution in [3.05, 3.63) is 29.8 Å². The third-order valence-corrected chi connectivity index (χ3v) is 9.06. The van der Waals surface area contributed by atoms with Gasteiger partial charge in [-0.25, -0.2) is 0 Å². The first-order chi connectivity index (χ1) is 25.0. The van der Waals surface area contributed by atoms with Crippen LogP contribution in [0, 0.1) is 0 Å². The zero-order chi connectivity index (χ0) is 38.5. The van der Waals surface area contributed by atoms with Crippen LogP contribution in [0.4, 0.5) is 0 Å². The number of hydrogen-bond donors (Lipinski definition) is 7. The Kier molecular flexibility index (Phi) is 21.2. The molecule has 1 heterocycles. The average molecular weight is 745 g/mol. The summed E-state index contributed by atoms with van der Waals surface area (Å²) in [6.07, 6.45) is 1.24. The molecule has 18 heteroatoms. The molecular formula is C34H56N4O14. The van der Waals surface area contributed by atoms with Crippen LogP contribution in [0.25, 0.3) is 0 Å². The summed E-state index contributed by atoms with van der Waals surface area (Å²) in [5.74, 6) is -4.43. The van der Waals surface area contributed by atoms with Gasteiger partial charge >= 0.3 is 23.9 Å². The van der Waals surface area contributed by atoms with Crippen molar-refractivity contribution in [2.24, 2.45) is 0 Å². The van der Waals surface area contributed by atoms with E-state index in [1.807, 2.05) is 31.2 Å². The van der Waals surface area contributed by atoms with Gasteiger partial charge in [0.05, 0.1) is 39.6 Å². The maximum atomic E-state index is 12.7. The van der Waals surface area contributed by atoms with Gasteiger partial charge in [0.1, 0.15) is 36.5 Å². The molecule has 0 radical (unpaired) electrons. The van der Waals surface area contributed by atoms with Gasteiger partial charge in [-0.05, 0) is 43.9 Å². The number of ether oxygens (including phenoxy) is 3. The number of benzene rings is 1. The molecule has 1 aliphatic rings. The average Bonchev–Trinajstić information content (AvgIpc) is 3.10. The number of aliphatic hydroxyl groups excluding tert-OH is 3. The number of aliphatic carboxylic acids is 4. The van der Waals surface area contributed by atoms with E-state index in [1.54, 1.807) is 4.90 Å². The molecule has 4 atom stereocenters. The van der Waals surface area contributed by atoms with Gasteiger partial charge in [-0.3, -0.25) is 38.8 Å². The second kappa shape index (κ2) is 24.7. The largest absolute Gasteiger partial charge is 0.491 e. The molecule has 0 spiro atoms. The van der Waals surface area contributed by atoms with E-state index in [0.29, 0.717) is 51.6 Å². The van der Waals surface area contributed by atoms with Crippen LogP contribution < -0.4 is 4.74 Å². The predicted octanol–water partition coefficient (Wildman–Crippen LogP) is -1.55. The van der Waals surface area contributed by atoms with Crippen molar-refractivity contribution in [2.75, 3.05) is 105 Å². The normalized spacial score (nSPS) is 18.4. The van der Waals surface area contributed by atoms with Crippen molar-refractivity contribution in [1.82, 2.24) is 19.6 Å². The van der Waals surface area contributed by atoms with E-state index in [0.717, 1.165) is 5.56 Å². The molecule has 0 aromatic heterocycles. The number of nitrogens with zero attached hydrogens (tertiary/aromatic N) is 4. The molecule has 0 aliphatic carbocycles. The van der Waals surface area contributed by atoms with E-state index in [4.69, 9.17) is 14.2 Å². The van der Waals surface area contributed by atoms with Crippen molar-refractivity contribution >= 4 is 23.9 Å². The van der Waals surface area contributed by atoms with Gasteiger partial charge in [0, 0.05) is 59.0 Å². The van der Waals surface area contributed by atoms with Gasteiger partial charge in [-0.1, -0.05) is 12.1 Å². The summed E-state index contributed by atoms with van der Waals surface area (Å²) >= 11 is 0. The Labute approximate surface area is 303 Å². The van der Waals surface area contributed by atoms with Gasteiger partial charge in [-0.15, -0.1) is 0 Å². The Morgan fingerprint density at radius 3 is 1.31 bits per heavy atom. The maximum Gasteiger partial charge on any atom is 0.323 e. The molecule has 1 aliphatic heterocycles. The summed E-state index contributed by atoms with van der Waals surface area (Å²) in [4.78, 5) is 54.6. The molecule has 0 amide bonds. The number of hydrogen-bond acceptors (Lipinski definition) is 14. The molecule has 1 saturated heterocycles. The third kappa shape index (κ3) is 15.3. The minimum atomic E-state index is -1.38. The SMILES string of the molecule is CCOCCOCCOc1ccc(CCCC(C(=O)O)N2CCN(C(CO)C(=O)O)CCN([C@H](CO)C(=O)O)CCN(C(CO)C(=O)O)CC2)cc1. The number of rotatable bonds is 23. The Morgan fingerprint density at radius 1 is 0.577 bits per heavy atom. The van der Waals surface area contributed by atoms with E-state index < -0.39 is 67.9 Å². The van der Waals surface area contributed by atoms with E-state index >= 15 is 0 Å². The van der Waals surface area contributed by atoms with Gasteiger partial charge in [-0.2, -0.15) is 0 Å². The predicted molar refractivity (Wildman–Crippen MR) is 185 cm³/mol. The number of aliphatic hydroxyl groups is 3. The number of carboxylic acid groups (broad SMARTS) is 4. The topological polar surface area (TPSA) is 251 Å². The van der Waals surface area contributed by atoms with Crippen molar-refractivity contribution in [3.8, 4) is 5.75 Å². The van der Waals surface area contributed by atoms with E-state index in [9.17, 15) is 54.9 Å². The van der Waals surface area contributed by atoms with Crippen LogP contribution in [0.2, 0.25) is 0 Å². The minimum absolute atomic E-state index is 0.0204. The number of aryl methyl sites for hydroxylation is 1. The zero-order valence-electron chi connectivity index (χ0n) is 29.8. The number of carbonyl (C=O) groups is 4. The Morgan fingerprint density at radius 2 is 0.942 bits per heavy atom. The molecule has 18 nitrogen and oxygen atoms in total. The van der Waals surface area contributed by atoms with Gasteiger partial charge in [0.15, 0.2) is 0 Å². The van der Waals surface area contributed by atoms with Crippen LogP contribution in [-0.2, 0) is 35.1 Å². The highest BCUT2D eigenvalue weighted by molar-refractivity contribution is 5.75. The molecule has 0 bridgehead atoms. The lowest BCUT2D eigenvalue weighted by atomic mass is 10.0. The highest BCUT2D eigenvalue weighted by Crippen LogP contribution is 2.17. The quantitative estimate of drug-likeness (QED) is 0.0627. The summed E-state index contributed by atoms with van der Waals surface area (Å²) in [5.41, 5.74) is 0.960. The minimum Gasteiger partial charge on any atom is -0.491 e. The molecule has 3 unspecified atom stereocenters. The van der Waals surface area contributed by atoms with Crippen molar-refractivity contribution in [1.29, 1.82) is 0 Å². The maximum absolute atomic E-state index is 12.7. The fourth-order valence-electron chi connectivity index (χ4n) is 6.07. The lowest BCUT2D eigenvalue weighted by molar-refractivity contribution is -0.149. The smallest absolute Gasteiger partial charge is 0.323 e. The lowest BCUT2D eigenvalue weighted by Gasteiger charge is -2.39. The molecule has 1 aromatic rings. The first-order valence-corrected chi connectivity index (χ1v) is 17.5. The standard InChI is InChI=1S/C34H56N4O14/c1-2-50-18-19-51-20-21-52-26-8-6-25(7-9-26)4-3-5-27(31(42)43)35-10-12-36(28(22-39)32(44)45)14-16-38(30(24-41)34(48)49)17-15-37(13-11-35)29(23-40)33(46)47/h6-9,27-30,39-41H,2-5,10-24H2,1H3,(H,42,43)(H,44,45)(H,46,47)(H,48,49)/t27?,28?,29?,30-/m1/s1. The van der Waals surface area contributed by atoms with Crippen molar-refractivity contribution in [3.63, 3.8) is 0 Å².